The van der Waals surface area contributed by atoms with Gasteiger partial charge in [-0.3, -0.25) is 4.72 Å². The molecule has 0 spiro atoms. The number of sulfonamides is 1. The van der Waals surface area contributed by atoms with Crippen LogP contribution in [0.25, 0.3) is 22.8 Å². The van der Waals surface area contributed by atoms with E-state index in [1.54, 1.807) is 53.9 Å². The Morgan fingerprint density at radius 3 is 2.48 bits per heavy atom. The summed E-state index contributed by atoms with van der Waals surface area (Å²) in [6.45, 7) is 0. The molecule has 2 aromatic heterocycles. The number of thiophene rings is 1. The molecule has 2 heterocycles. The Hall–Kier alpha value is -3.04. The second kappa shape index (κ2) is 6.93. The smallest absolute Gasteiger partial charge is 0.271 e. The van der Waals surface area contributed by atoms with Gasteiger partial charge in [0, 0.05) is 11.3 Å². The average Bonchev–Trinajstić information content (AvgIpc) is 3.35. The lowest BCUT2D eigenvalue weighted by molar-refractivity contribution is 0.429. The lowest BCUT2D eigenvalue weighted by Gasteiger charge is -2.06. The number of benzene rings is 2. The van der Waals surface area contributed by atoms with Crippen LogP contribution in [0.3, 0.4) is 0 Å². The predicted octanol–water partition coefficient (Wildman–Crippen LogP) is 4.41. The van der Waals surface area contributed by atoms with Crippen LogP contribution in [0.5, 0.6) is 0 Å². The van der Waals surface area contributed by atoms with E-state index in [0.29, 0.717) is 11.3 Å². The van der Waals surface area contributed by atoms with E-state index in [9.17, 15) is 12.8 Å². The predicted molar refractivity (Wildman–Crippen MR) is 100 cm³/mol. The summed E-state index contributed by atoms with van der Waals surface area (Å²) in [7, 11) is -3.61. The quantitative estimate of drug-likeness (QED) is 0.536. The zero-order chi connectivity index (χ0) is 18.9. The molecule has 0 atom stereocenters. The van der Waals surface area contributed by atoms with Crippen LogP contribution in [-0.4, -0.2) is 18.6 Å². The molecule has 0 saturated carbocycles. The van der Waals surface area contributed by atoms with E-state index in [1.165, 1.54) is 12.1 Å². The van der Waals surface area contributed by atoms with Crippen molar-refractivity contribution in [2.24, 2.45) is 0 Å². The summed E-state index contributed by atoms with van der Waals surface area (Å²) < 4.78 is 46.2. The summed E-state index contributed by atoms with van der Waals surface area (Å²) in [5, 5.41) is 5.55. The van der Waals surface area contributed by atoms with Crippen LogP contribution in [0.4, 0.5) is 10.1 Å². The highest BCUT2D eigenvalue weighted by molar-refractivity contribution is 7.94. The number of anilines is 1. The van der Waals surface area contributed by atoms with Gasteiger partial charge in [0.15, 0.2) is 0 Å². The molecule has 4 aromatic rings. The van der Waals surface area contributed by atoms with Crippen LogP contribution in [0.2, 0.25) is 0 Å². The third kappa shape index (κ3) is 3.60. The maximum Gasteiger partial charge on any atom is 0.271 e. The minimum absolute atomic E-state index is 0.0746. The van der Waals surface area contributed by atoms with Crippen molar-refractivity contribution >= 4 is 27.0 Å². The zero-order valence-corrected chi connectivity index (χ0v) is 15.3. The van der Waals surface area contributed by atoms with Crippen LogP contribution >= 0.6 is 11.3 Å². The van der Waals surface area contributed by atoms with Gasteiger partial charge in [-0.15, -0.1) is 11.3 Å². The van der Waals surface area contributed by atoms with Gasteiger partial charge in [-0.1, -0.05) is 23.4 Å². The highest BCUT2D eigenvalue weighted by Gasteiger charge is 2.16. The number of hydrogen-bond acceptors (Lipinski definition) is 6. The SMILES string of the molecule is O=S(=O)(Nc1ccc(-c2noc(-c3ccccc3F)n2)cc1)c1cccs1. The molecule has 0 fully saturated rings. The number of rotatable bonds is 5. The number of nitrogens with zero attached hydrogens (tertiary/aromatic N) is 2. The Balaban J connectivity index is 1.56. The van der Waals surface area contributed by atoms with Gasteiger partial charge < -0.3 is 4.52 Å². The minimum Gasteiger partial charge on any atom is -0.334 e. The van der Waals surface area contributed by atoms with Gasteiger partial charge in [0.05, 0.1) is 5.56 Å². The lowest BCUT2D eigenvalue weighted by Crippen LogP contribution is -2.11. The van der Waals surface area contributed by atoms with Crippen molar-refractivity contribution in [3.8, 4) is 22.8 Å². The minimum atomic E-state index is -3.61. The largest absolute Gasteiger partial charge is 0.334 e. The Morgan fingerprint density at radius 1 is 1.00 bits per heavy atom. The van der Waals surface area contributed by atoms with Gasteiger partial charge in [0.1, 0.15) is 10.0 Å². The van der Waals surface area contributed by atoms with E-state index in [2.05, 4.69) is 14.9 Å². The Kier molecular flexibility index (Phi) is 4.46. The first-order valence-electron chi connectivity index (χ1n) is 7.78. The van der Waals surface area contributed by atoms with Crippen molar-refractivity contribution in [3.63, 3.8) is 0 Å². The van der Waals surface area contributed by atoms with E-state index in [1.807, 2.05) is 0 Å². The molecule has 0 amide bonds. The first-order valence-corrected chi connectivity index (χ1v) is 10.1. The van der Waals surface area contributed by atoms with E-state index in [4.69, 9.17) is 4.52 Å². The second-order valence-electron chi connectivity index (χ2n) is 5.52. The van der Waals surface area contributed by atoms with E-state index >= 15 is 0 Å². The number of hydrogen-bond donors (Lipinski definition) is 1. The van der Waals surface area contributed by atoms with E-state index in [0.717, 1.165) is 11.3 Å². The monoisotopic (exact) mass is 401 g/mol. The summed E-state index contributed by atoms with van der Waals surface area (Å²) in [6, 6.07) is 15.8. The molecule has 4 rings (SSSR count). The third-order valence-corrected chi connectivity index (χ3v) is 6.46. The van der Waals surface area contributed by atoms with Crippen LogP contribution in [0.15, 0.2) is 74.8 Å². The fraction of sp³-hybridized carbons (Fsp3) is 0. The molecular formula is C18H12FN3O3S2. The van der Waals surface area contributed by atoms with Crippen molar-refractivity contribution in [1.82, 2.24) is 10.1 Å². The van der Waals surface area contributed by atoms with Gasteiger partial charge in [0.25, 0.3) is 15.9 Å². The molecule has 9 heteroatoms. The van der Waals surface area contributed by atoms with Crippen molar-refractivity contribution in [1.29, 1.82) is 0 Å². The molecule has 27 heavy (non-hydrogen) atoms. The molecule has 0 radical (unpaired) electrons. The Morgan fingerprint density at radius 2 is 1.78 bits per heavy atom. The lowest BCUT2D eigenvalue weighted by atomic mass is 10.2. The van der Waals surface area contributed by atoms with Gasteiger partial charge >= 0.3 is 0 Å². The molecule has 2 aromatic carbocycles. The molecule has 0 aliphatic heterocycles. The van der Waals surface area contributed by atoms with Crippen molar-refractivity contribution in [2.45, 2.75) is 4.21 Å². The summed E-state index contributed by atoms with van der Waals surface area (Å²) >= 11 is 1.14. The Bertz CT molecular complexity index is 1170. The second-order valence-corrected chi connectivity index (χ2v) is 8.37. The molecule has 0 unspecified atom stereocenters. The molecular weight excluding hydrogens is 389 g/mol. The molecule has 0 bridgehead atoms. The topological polar surface area (TPSA) is 85.1 Å². The highest BCUT2D eigenvalue weighted by atomic mass is 32.2. The Labute approximate surface area is 158 Å². The molecule has 136 valence electrons. The molecule has 6 nitrogen and oxygen atoms in total. The van der Waals surface area contributed by atoms with Crippen LogP contribution in [-0.2, 0) is 10.0 Å². The van der Waals surface area contributed by atoms with E-state index in [-0.39, 0.29) is 21.5 Å². The standard InChI is InChI=1S/C18H12FN3O3S2/c19-15-5-2-1-4-14(15)18-20-17(21-25-18)12-7-9-13(10-8-12)22-27(23,24)16-6-3-11-26-16/h1-11,22H. The molecule has 0 saturated heterocycles. The van der Waals surface area contributed by atoms with Crippen molar-refractivity contribution in [3.05, 3.63) is 71.9 Å². The summed E-state index contributed by atoms with van der Waals surface area (Å²) in [5.74, 6) is -0.0995. The summed E-state index contributed by atoms with van der Waals surface area (Å²) in [5.41, 5.74) is 1.24. The van der Waals surface area contributed by atoms with Gasteiger partial charge in [-0.05, 0) is 47.8 Å². The fourth-order valence-corrected chi connectivity index (χ4v) is 4.45. The fourth-order valence-electron chi connectivity index (χ4n) is 2.39. The molecule has 0 aliphatic rings. The van der Waals surface area contributed by atoms with E-state index < -0.39 is 15.8 Å². The van der Waals surface area contributed by atoms with Crippen LogP contribution in [0, 0.1) is 5.82 Å². The number of aromatic nitrogens is 2. The summed E-state index contributed by atoms with van der Waals surface area (Å²) in [6.07, 6.45) is 0. The highest BCUT2D eigenvalue weighted by Crippen LogP contribution is 2.26. The van der Waals surface area contributed by atoms with Crippen LogP contribution < -0.4 is 4.72 Å². The number of halogens is 1. The van der Waals surface area contributed by atoms with Crippen molar-refractivity contribution in [2.75, 3.05) is 4.72 Å². The first kappa shape index (κ1) is 17.4. The van der Waals surface area contributed by atoms with Crippen LogP contribution in [0.1, 0.15) is 0 Å². The molecule has 0 aliphatic carbocycles. The van der Waals surface area contributed by atoms with Gasteiger partial charge in [0.2, 0.25) is 5.82 Å². The zero-order valence-electron chi connectivity index (χ0n) is 13.7. The normalized spacial score (nSPS) is 11.4. The van der Waals surface area contributed by atoms with Crippen molar-refractivity contribution < 1.29 is 17.3 Å². The average molecular weight is 401 g/mol. The van der Waals surface area contributed by atoms with Gasteiger partial charge in [-0.25, -0.2) is 12.8 Å². The third-order valence-electron chi connectivity index (χ3n) is 3.69. The first-order chi connectivity index (χ1) is 13.0. The maximum atomic E-state index is 13.8. The molecule has 1 N–H and O–H groups in total. The number of nitrogens with one attached hydrogen (secondary N) is 1. The maximum absolute atomic E-state index is 13.8. The summed E-state index contributed by atoms with van der Waals surface area (Å²) in [4.78, 5) is 4.20. The van der Waals surface area contributed by atoms with Gasteiger partial charge in [-0.2, -0.15) is 4.98 Å².